The smallest absolute Gasteiger partial charge is 0.271 e. The molecule has 0 saturated carbocycles. The number of anilines is 1. The number of benzene rings is 3. The van der Waals surface area contributed by atoms with Crippen molar-refractivity contribution in [2.24, 2.45) is 4.99 Å². The number of hydrogen-bond donors (Lipinski definition) is 2. The molecule has 0 spiro atoms. The number of nitrogens with zero attached hydrogens (tertiary/aromatic N) is 2. The zero-order valence-electron chi connectivity index (χ0n) is 16.9. The number of carbonyl (C=O) groups is 1. The van der Waals surface area contributed by atoms with E-state index < -0.39 is 12.5 Å². The molecule has 1 heterocycles. The Labute approximate surface area is 184 Å². The summed E-state index contributed by atoms with van der Waals surface area (Å²) in [6.45, 7) is -0.394. The fraction of sp³-hybridized carbons (Fsp3) is 0.0800. The molecule has 4 rings (SSSR count). The van der Waals surface area contributed by atoms with Crippen LogP contribution in [0.15, 0.2) is 89.2 Å². The molecule has 0 aliphatic carbocycles. The van der Waals surface area contributed by atoms with Crippen molar-refractivity contribution < 1.29 is 9.90 Å². The van der Waals surface area contributed by atoms with Crippen molar-refractivity contribution in [3.63, 3.8) is 0 Å². The predicted octanol–water partition coefficient (Wildman–Crippen LogP) is 5.15. The highest BCUT2D eigenvalue weighted by Crippen LogP contribution is 2.31. The third kappa shape index (κ3) is 4.77. The highest BCUT2D eigenvalue weighted by molar-refractivity contribution is 7.13. The van der Waals surface area contributed by atoms with E-state index in [9.17, 15) is 4.79 Å². The van der Waals surface area contributed by atoms with Crippen LogP contribution in [0.1, 0.15) is 0 Å². The number of nitrogens with one attached hydrogen (secondary N) is 1. The minimum Gasteiger partial charge on any atom is -0.390 e. The number of hydrogen-bond acceptors (Lipinski definition) is 5. The normalized spacial score (nSPS) is 11.4. The number of carbonyl (C=O) groups excluding carboxylic acids is 1. The number of aliphatic imine (C=N–C) groups is 1. The number of aromatic nitrogens is 1. The molecule has 0 fully saturated rings. The zero-order valence-corrected chi connectivity index (χ0v) is 17.8. The van der Waals surface area contributed by atoms with Crippen LogP contribution in [-0.2, 0) is 4.79 Å². The van der Waals surface area contributed by atoms with Crippen LogP contribution >= 0.6 is 11.3 Å². The lowest BCUT2D eigenvalue weighted by Gasteiger charge is -2.06. The Morgan fingerprint density at radius 3 is 2.16 bits per heavy atom. The first-order chi connectivity index (χ1) is 15.2. The molecule has 6 heteroatoms. The van der Waals surface area contributed by atoms with Gasteiger partial charge in [0.1, 0.15) is 10.7 Å². The van der Waals surface area contributed by atoms with Gasteiger partial charge in [0.15, 0.2) is 0 Å². The molecule has 154 valence electrons. The van der Waals surface area contributed by atoms with Crippen molar-refractivity contribution in [3.05, 3.63) is 84.2 Å². The minimum absolute atomic E-state index is 0.0894. The summed E-state index contributed by atoms with van der Waals surface area (Å²) < 4.78 is 0. The zero-order chi connectivity index (χ0) is 21.6. The van der Waals surface area contributed by atoms with E-state index in [0.717, 1.165) is 21.8 Å². The first kappa shape index (κ1) is 20.7. The maximum absolute atomic E-state index is 12.0. The fourth-order valence-electron chi connectivity index (χ4n) is 3.15. The van der Waals surface area contributed by atoms with E-state index in [-0.39, 0.29) is 5.71 Å². The summed E-state index contributed by atoms with van der Waals surface area (Å²) in [7, 11) is 1.48. The quantitative estimate of drug-likeness (QED) is 0.418. The van der Waals surface area contributed by atoms with E-state index in [1.807, 2.05) is 47.8 Å². The SMILES string of the molecule is C/N=C(\CO)C(=O)Nc1ccc(-c2csc(-c3ccc(-c4ccccc4)cc3)n2)cc1. The van der Waals surface area contributed by atoms with E-state index in [4.69, 9.17) is 10.1 Å². The summed E-state index contributed by atoms with van der Waals surface area (Å²) in [5.41, 5.74) is 6.02. The Balaban J connectivity index is 1.48. The Hall–Kier alpha value is -3.61. The molecule has 3 aromatic carbocycles. The van der Waals surface area contributed by atoms with Crippen molar-refractivity contribution in [2.45, 2.75) is 0 Å². The molecule has 0 unspecified atom stereocenters. The number of thiazole rings is 1. The number of aliphatic hydroxyl groups excluding tert-OH is 1. The maximum Gasteiger partial charge on any atom is 0.271 e. The van der Waals surface area contributed by atoms with Gasteiger partial charge in [0.05, 0.1) is 12.3 Å². The van der Waals surface area contributed by atoms with Crippen LogP contribution in [0.2, 0.25) is 0 Å². The summed E-state index contributed by atoms with van der Waals surface area (Å²) in [6.07, 6.45) is 0. The number of aliphatic hydroxyl groups is 1. The van der Waals surface area contributed by atoms with E-state index >= 15 is 0 Å². The fourth-order valence-corrected chi connectivity index (χ4v) is 3.98. The monoisotopic (exact) mass is 427 g/mol. The van der Waals surface area contributed by atoms with Gasteiger partial charge in [-0.2, -0.15) is 0 Å². The Morgan fingerprint density at radius 1 is 0.903 bits per heavy atom. The van der Waals surface area contributed by atoms with Gasteiger partial charge in [-0.25, -0.2) is 4.98 Å². The molecule has 0 radical (unpaired) electrons. The lowest BCUT2D eigenvalue weighted by Crippen LogP contribution is -2.25. The Bertz CT molecular complexity index is 1200. The van der Waals surface area contributed by atoms with Crippen molar-refractivity contribution in [3.8, 4) is 33.0 Å². The van der Waals surface area contributed by atoms with E-state index in [2.05, 4.69) is 46.7 Å². The van der Waals surface area contributed by atoms with Gasteiger partial charge in [0.2, 0.25) is 0 Å². The molecule has 0 bridgehead atoms. The van der Waals surface area contributed by atoms with Gasteiger partial charge >= 0.3 is 0 Å². The lowest BCUT2D eigenvalue weighted by atomic mass is 10.0. The highest BCUT2D eigenvalue weighted by Gasteiger charge is 2.11. The third-order valence-electron chi connectivity index (χ3n) is 4.86. The molecule has 1 amide bonds. The second-order valence-corrected chi connectivity index (χ2v) is 7.70. The second kappa shape index (κ2) is 9.47. The molecular formula is C25H21N3O2S. The molecule has 0 aliphatic heterocycles. The molecule has 0 saturated heterocycles. The van der Waals surface area contributed by atoms with Gasteiger partial charge in [-0.3, -0.25) is 9.79 Å². The van der Waals surface area contributed by atoms with Crippen LogP contribution in [0.4, 0.5) is 5.69 Å². The predicted molar refractivity (Wildman–Crippen MR) is 127 cm³/mol. The molecule has 2 N–H and O–H groups in total. The Kier molecular flexibility index (Phi) is 6.31. The molecule has 0 aliphatic rings. The first-order valence-corrected chi connectivity index (χ1v) is 10.7. The van der Waals surface area contributed by atoms with Gasteiger partial charge in [-0.05, 0) is 23.3 Å². The van der Waals surface area contributed by atoms with Crippen molar-refractivity contribution in [1.29, 1.82) is 0 Å². The second-order valence-electron chi connectivity index (χ2n) is 6.84. The highest BCUT2D eigenvalue weighted by atomic mass is 32.1. The third-order valence-corrected chi connectivity index (χ3v) is 5.75. The molecule has 4 aromatic rings. The average molecular weight is 428 g/mol. The van der Waals surface area contributed by atoms with Crippen LogP contribution in [0.25, 0.3) is 33.0 Å². The molecule has 5 nitrogen and oxygen atoms in total. The Morgan fingerprint density at radius 2 is 1.52 bits per heavy atom. The van der Waals surface area contributed by atoms with Crippen molar-refractivity contribution in [1.82, 2.24) is 4.98 Å². The summed E-state index contributed by atoms with van der Waals surface area (Å²) >= 11 is 1.60. The lowest BCUT2D eigenvalue weighted by molar-refractivity contribution is -0.110. The molecular weight excluding hydrogens is 406 g/mol. The molecule has 0 atom stereocenters. The van der Waals surface area contributed by atoms with Crippen LogP contribution in [-0.4, -0.2) is 35.4 Å². The molecule has 31 heavy (non-hydrogen) atoms. The van der Waals surface area contributed by atoms with Crippen LogP contribution in [0.3, 0.4) is 0 Å². The summed E-state index contributed by atoms with van der Waals surface area (Å²) in [4.78, 5) is 20.5. The van der Waals surface area contributed by atoms with Gasteiger partial charge in [0.25, 0.3) is 5.91 Å². The topological polar surface area (TPSA) is 74.6 Å². The van der Waals surface area contributed by atoms with Gasteiger partial charge < -0.3 is 10.4 Å². The maximum atomic E-state index is 12.0. The minimum atomic E-state index is -0.410. The standard InChI is InChI=1S/C25H21N3O2S/c1-26-22(15-29)24(30)27-21-13-11-19(12-14-21)23-16-31-25(28-23)20-9-7-18(8-10-20)17-5-3-2-4-6-17/h2-14,16,29H,15H2,1H3,(H,27,30)/b26-22+. The molecule has 1 aromatic heterocycles. The van der Waals surface area contributed by atoms with Gasteiger partial charge in [0, 0.05) is 29.2 Å². The summed E-state index contributed by atoms with van der Waals surface area (Å²) in [5.74, 6) is -0.410. The van der Waals surface area contributed by atoms with Crippen LogP contribution in [0.5, 0.6) is 0 Å². The largest absolute Gasteiger partial charge is 0.390 e. The van der Waals surface area contributed by atoms with Crippen molar-refractivity contribution in [2.75, 3.05) is 19.0 Å². The van der Waals surface area contributed by atoms with E-state index in [1.54, 1.807) is 11.3 Å². The van der Waals surface area contributed by atoms with Gasteiger partial charge in [-0.1, -0.05) is 66.7 Å². The van der Waals surface area contributed by atoms with Crippen LogP contribution in [0, 0.1) is 0 Å². The summed E-state index contributed by atoms with van der Waals surface area (Å²) in [5, 5.41) is 14.8. The van der Waals surface area contributed by atoms with Crippen LogP contribution < -0.4 is 5.32 Å². The first-order valence-electron chi connectivity index (χ1n) is 9.77. The van der Waals surface area contributed by atoms with Crippen molar-refractivity contribution >= 4 is 28.6 Å². The van der Waals surface area contributed by atoms with E-state index in [0.29, 0.717) is 5.69 Å². The summed E-state index contributed by atoms with van der Waals surface area (Å²) in [6, 6.07) is 26.2. The van der Waals surface area contributed by atoms with E-state index in [1.165, 1.54) is 18.2 Å². The van der Waals surface area contributed by atoms with Gasteiger partial charge in [-0.15, -0.1) is 11.3 Å². The number of rotatable bonds is 6. The average Bonchev–Trinajstić information content (AvgIpc) is 3.31. The number of amides is 1.